The summed E-state index contributed by atoms with van der Waals surface area (Å²) in [5.41, 5.74) is 5.91. The molecule has 0 unspecified atom stereocenters. The number of nitrogens with zero attached hydrogens (tertiary/aromatic N) is 3. The molecule has 0 aliphatic carbocycles. The van der Waals surface area contributed by atoms with Crippen LogP contribution in [0.15, 0.2) is 10.6 Å². The number of hydrogen-bond acceptors (Lipinski definition) is 4. The van der Waals surface area contributed by atoms with Crippen molar-refractivity contribution < 1.29 is 9.00 Å². The number of hydrogen-bond donors (Lipinski definition) is 1. The predicted molar refractivity (Wildman–Crippen MR) is 54.4 cm³/mol. The van der Waals surface area contributed by atoms with Crippen molar-refractivity contribution in [3.8, 4) is 0 Å². The van der Waals surface area contributed by atoms with Gasteiger partial charge in [0.1, 0.15) is 0 Å². The first-order chi connectivity index (χ1) is 6.31. The van der Waals surface area contributed by atoms with Crippen LogP contribution in [0.5, 0.6) is 0 Å². The van der Waals surface area contributed by atoms with Gasteiger partial charge in [0.15, 0.2) is 5.69 Å². The van der Waals surface area contributed by atoms with E-state index in [1.54, 1.807) is 7.05 Å². The third-order valence-corrected chi connectivity index (χ3v) is 2.08. The molecular formula is C7H12N4O2S. The van der Waals surface area contributed by atoms with Crippen molar-refractivity contribution in [2.45, 2.75) is 0 Å². The standard InChI is InChI=1S/C7H12N4O2S/c1-11-6(5(8)4-9-11)7(12)10-14(2,3)13/h4H,8H2,1-3H3. The van der Waals surface area contributed by atoms with Crippen LogP contribution in [0.2, 0.25) is 0 Å². The van der Waals surface area contributed by atoms with E-state index in [0.29, 0.717) is 0 Å². The Bertz CT molecular complexity index is 454. The van der Waals surface area contributed by atoms with Gasteiger partial charge in [-0.05, 0) is 0 Å². The molecule has 1 heterocycles. The molecule has 0 saturated carbocycles. The Balaban J connectivity index is 3.21. The highest BCUT2D eigenvalue weighted by molar-refractivity contribution is 7.92. The Labute approximate surface area is 82.3 Å². The Morgan fingerprint density at radius 1 is 1.64 bits per heavy atom. The summed E-state index contributed by atoms with van der Waals surface area (Å²) in [6.07, 6.45) is 4.13. The van der Waals surface area contributed by atoms with Crippen molar-refractivity contribution in [3.63, 3.8) is 0 Å². The molecule has 0 bridgehead atoms. The molecule has 0 radical (unpaired) electrons. The van der Waals surface area contributed by atoms with Gasteiger partial charge in [-0.2, -0.15) is 9.46 Å². The summed E-state index contributed by atoms with van der Waals surface area (Å²) in [7, 11) is -0.878. The van der Waals surface area contributed by atoms with E-state index in [0.717, 1.165) is 0 Å². The number of amides is 1. The van der Waals surface area contributed by atoms with Crippen molar-refractivity contribution in [1.29, 1.82) is 0 Å². The van der Waals surface area contributed by atoms with Gasteiger partial charge in [0.25, 0.3) is 0 Å². The maximum atomic E-state index is 11.5. The lowest BCUT2D eigenvalue weighted by Gasteiger charge is -1.98. The molecule has 0 fully saturated rings. The van der Waals surface area contributed by atoms with E-state index in [2.05, 4.69) is 9.46 Å². The van der Waals surface area contributed by atoms with Crippen molar-refractivity contribution in [2.75, 3.05) is 18.2 Å². The number of carbonyl (C=O) groups excluding carboxylic acids is 1. The van der Waals surface area contributed by atoms with E-state index in [1.807, 2.05) is 0 Å². The molecule has 0 aromatic carbocycles. The van der Waals surface area contributed by atoms with Crippen molar-refractivity contribution in [2.24, 2.45) is 11.4 Å². The highest BCUT2D eigenvalue weighted by atomic mass is 32.2. The van der Waals surface area contributed by atoms with E-state index in [-0.39, 0.29) is 11.4 Å². The van der Waals surface area contributed by atoms with Gasteiger partial charge >= 0.3 is 5.91 Å². The summed E-state index contributed by atoms with van der Waals surface area (Å²) in [6, 6.07) is 0. The van der Waals surface area contributed by atoms with Gasteiger partial charge in [0.05, 0.1) is 11.9 Å². The summed E-state index contributed by atoms with van der Waals surface area (Å²) in [5.74, 6) is -0.600. The predicted octanol–water partition coefficient (Wildman–Crippen LogP) is -0.130. The van der Waals surface area contributed by atoms with Crippen LogP contribution >= 0.6 is 0 Å². The molecule has 14 heavy (non-hydrogen) atoms. The van der Waals surface area contributed by atoms with Gasteiger partial charge in [0.2, 0.25) is 0 Å². The fourth-order valence-electron chi connectivity index (χ4n) is 0.959. The maximum absolute atomic E-state index is 11.5. The minimum atomic E-state index is -2.45. The smallest absolute Gasteiger partial charge is 0.305 e. The SMILES string of the molecule is Cn1ncc(N)c1C(=O)N=S(C)(C)=O. The molecule has 1 aromatic rings. The molecule has 7 heteroatoms. The average Bonchev–Trinajstić information content (AvgIpc) is 2.27. The number of carbonyl (C=O) groups is 1. The normalized spacial score (nSPS) is 11.4. The highest BCUT2D eigenvalue weighted by Crippen LogP contribution is 2.11. The number of nitrogen functional groups attached to an aromatic ring is 1. The topological polar surface area (TPSA) is 90.3 Å². The Hall–Kier alpha value is -1.37. The third-order valence-electron chi connectivity index (χ3n) is 1.47. The minimum absolute atomic E-state index is 0.168. The molecule has 1 rings (SSSR count). The van der Waals surface area contributed by atoms with Gasteiger partial charge in [0, 0.05) is 29.3 Å². The van der Waals surface area contributed by atoms with Gasteiger partial charge in [-0.1, -0.05) is 0 Å². The van der Waals surface area contributed by atoms with Crippen LogP contribution in [0, 0.1) is 0 Å². The largest absolute Gasteiger partial charge is 0.396 e. The molecular weight excluding hydrogens is 204 g/mol. The van der Waals surface area contributed by atoms with E-state index >= 15 is 0 Å². The molecule has 6 nitrogen and oxygen atoms in total. The first kappa shape index (κ1) is 10.7. The lowest BCUT2D eigenvalue weighted by molar-refractivity contribution is 0.0997. The fourth-order valence-corrected chi connectivity index (χ4v) is 1.45. The Kier molecular flexibility index (Phi) is 2.61. The lowest BCUT2D eigenvalue weighted by atomic mass is 10.3. The zero-order valence-electron chi connectivity index (χ0n) is 8.22. The van der Waals surface area contributed by atoms with Crippen LogP contribution in [0.3, 0.4) is 0 Å². The number of rotatable bonds is 1. The highest BCUT2D eigenvalue weighted by Gasteiger charge is 2.14. The van der Waals surface area contributed by atoms with E-state index in [4.69, 9.17) is 5.73 Å². The molecule has 78 valence electrons. The summed E-state index contributed by atoms with van der Waals surface area (Å²) in [6.45, 7) is 0. The second kappa shape index (κ2) is 3.41. The van der Waals surface area contributed by atoms with Gasteiger partial charge in [-0.15, -0.1) is 0 Å². The molecule has 1 aromatic heterocycles. The van der Waals surface area contributed by atoms with Crippen molar-refractivity contribution in [1.82, 2.24) is 9.78 Å². The van der Waals surface area contributed by atoms with Crippen LogP contribution in [0.1, 0.15) is 10.5 Å². The van der Waals surface area contributed by atoms with Gasteiger partial charge in [-0.3, -0.25) is 9.48 Å². The average molecular weight is 216 g/mol. The second-order valence-electron chi connectivity index (χ2n) is 3.15. The Morgan fingerprint density at radius 3 is 2.57 bits per heavy atom. The van der Waals surface area contributed by atoms with Crippen LogP contribution in [-0.4, -0.2) is 32.4 Å². The van der Waals surface area contributed by atoms with Crippen molar-refractivity contribution in [3.05, 3.63) is 11.9 Å². The van der Waals surface area contributed by atoms with Crippen molar-refractivity contribution >= 4 is 21.3 Å². The molecule has 0 aliphatic heterocycles. The number of anilines is 1. The van der Waals surface area contributed by atoms with Crippen LogP contribution < -0.4 is 5.73 Å². The number of aryl methyl sites for hydroxylation is 1. The molecule has 0 aliphatic rings. The number of nitrogens with two attached hydrogens (primary N) is 1. The molecule has 0 spiro atoms. The van der Waals surface area contributed by atoms with E-state index in [1.165, 1.54) is 23.4 Å². The third kappa shape index (κ3) is 2.32. The first-order valence-electron chi connectivity index (χ1n) is 3.80. The minimum Gasteiger partial charge on any atom is -0.396 e. The quantitative estimate of drug-likeness (QED) is 0.708. The van der Waals surface area contributed by atoms with Crippen LogP contribution in [0.4, 0.5) is 5.69 Å². The van der Waals surface area contributed by atoms with E-state index in [9.17, 15) is 9.00 Å². The molecule has 1 amide bonds. The first-order valence-corrected chi connectivity index (χ1v) is 6.13. The summed E-state index contributed by atoms with van der Waals surface area (Å²) < 4.78 is 16.1. The fraction of sp³-hybridized carbons (Fsp3) is 0.429. The number of aromatic nitrogens is 2. The summed E-state index contributed by atoms with van der Waals surface area (Å²) in [4.78, 5) is 11.5. The van der Waals surface area contributed by atoms with Gasteiger partial charge in [-0.25, -0.2) is 4.21 Å². The Morgan fingerprint density at radius 2 is 2.21 bits per heavy atom. The maximum Gasteiger partial charge on any atom is 0.305 e. The lowest BCUT2D eigenvalue weighted by Crippen LogP contribution is -2.09. The monoisotopic (exact) mass is 216 g/mol. The van der Waals surface area contributed by atoms with Gasteiger partial charge < -0.3 is 5.73 Å². The zero-order chi connectivity index (χ0) is 10.9. The van der Waals surface area contributed by atoms with Crippen LogP contribution in [0.25, 0.3) is 0 Å². The zero-order valence-corrected chi connectivity index (χ0v) is 9.04. The summed E-state index contributed by atoms with van der Waals surface area (Å²) >= 11 is 0. The molecule has 0 saturated heterocycles. The van der Waals surface area contributed by atoms with Crippen LogP contribution in [-0.2, 0) is 16.8 Å². The van der Waals surface area contributed by atoms with E-state index < -0.39 is 15.6 Å². The summed E-state index contributed by atoms with van der Waals surface area (Å²) in [5, 5.41) is 3.79. The molecule has 2 N–H and O–H groups in total. The second-order valence-corrected chi connectivity index (χ2v) is 5.69. The molecule has 0 atom stereocenters.